The van der Waals surface area contributed by atoms with E-state index in [1.807, 2.05) is 31.4 Å². The molecule has 0 aliphatic rings. The van der Waals surface area contributed by atoms with Gasteiger partial charge in [-0.1, -0.05) is 6.07 Å². The largest absolute Gasteiger partial charge is 0.443 e. The van der Waals surface area contributed by atoms with E-state index in [1.54, 1.807) is 17.6 Å². The Hall–Kier alpha value is -1.09. The maximum atomic E-state index is 5.45. The molecule has 0 saturated carbocycles. The Kier molecular flexibility index (Phi) is 7.60. The Morgan fingerprint density at radius 3 is 2.70 bits per heavy atom. The third-order valence-electron chi connectivity index (χ3n) is 2.37. The first-order valence-electron chi connectivity index (χ1n) is 6.34. The highest BCUT2D eigenvalue weighted by Crippen LogP contribution is 2.23. The molecule has 7 heteroatoms. The molecule has 0 aliphatic carbocycles. The standard InChI is InChI=1S/C13H18N4OS.HI/c1-3-14-13(15-4-2)16-8-10-9-18-12(17-10)11-6-5-7-19-11;/h5-7,9H,3-4,8H2,1-2H3,(H2,14,15,16);1H. The minimum absolute atomic E-state index is 0. The van der Waals surface area contributed by atoms with Gasteiger partial charge >= 0.3 is 0 Å². The van der Waals surface area contributed by atoms with Crippen LogP contribution in [0.1, 0.15) is 19.5 Å². The number of hydrogen-bond acceptors (Lipinski definition) is 4. The second-order valence-electron chi connectivity index (χ2n) is 3.85. The van der Waals surface area contributed by atoms with E-state index in [2.05, 4.69) is 20.6 Å². The topological polar surface area (TPSA) is 62.5 Å². The van der Waals surface area contributed by atoms with Crippen LogP contribution >= 0.6 is 35.3 Å². The molecular formula is C13H19IN4OS. The third-order valence-corrected chi connectivity index (χ3v) is 3.23. The maximum absolute atomic E-state index is 5.45. The lowest BCUT2D eigenvalue weighted by molar-refractivity contribution is 0.574. The van der Waals surface area contributed by atoms with Gasteiger partial charge in [-0.05, 0) is 25.3 Å². The van der Waals surface area contributed by atoms with Crippen LogP contribution in [-0.4, -0.2) is 24.0 Å². The number of aromatic nitrogens is 1. The zero-order valence-electron chi connectivity index (χ0n) is 11.5. The number of nitrogens with zero attached hydrogens (tertiary/aromatic N) is 2. The van der Waals surface area contributed by atoms with Gasteiger partial charge < -0.3 is 15.1 Å². The summed E-state index contributed by atoms with van der Waals surface area (Å²) >= 11 is 1.61. The zero-order valence-corrected chi connectivity index (χ0v) is 14.7. The van der Waals surface area contributed by atoms with E-state index in [0.29, 0.717) is 12.4 Å². The van der Waals surface area contributed by atoms with Crippen molar-refractivity contribution in [3.8, 4) is 10.8 Å². The maximum Gasteiger partial charge on any atom is 0.236 e. The van der Waals surface area contributed by atoms with Crippen LogP contribution in [0.5, 0.6) is 0 Å². The highest BCUT2D eigenvalue weighted by Gasteiger charge is 2.07. The monoisotopic (exact) mass is 406 g/mol. The lowest BCUT2D eigenvalue weighted by Gasteiger charge is -2.07. The van der Waals surface area contributed by atoms with Crippen LogP contribution in [0.4, 0.5) is 0 Å². The Morgan fingerprint density at radius 1 is 1.35 bits per heavy atom. The van der Waals surface area contributed by atoms with Gasteiger partial charge in [0.15, 0.2) is 5.96 Å². The molecule has 0 aliphatic heterocycles. The van der Waals surface area contributed by atoms with Crippen molar-refractivity contribution in [1.29, 1.82) is 0 Å². The highest BCUT2D eigenvalue weighted by molar-refractivity contribution is 14.0. The van der Waals surface area contributed by atoms with Gasteiger partial charge in [0, 0.05) is 13.1 Å². The van der Waals surface area contributed by atoms with E-state index in [0.717, 1.165) is 29.6 Å². The first-order valence-corrected chi connectivity index (χ1v) is 7.22. The van der Waals surface area contributed by atoms with Gasteiger partial charge in [-0.25, -0.2) is 9.98 Å². The second-order valence-corrected chi connectivity index (χ2v) is 4.79. The summed E-state index contributed by atoms with van der Waals surface area (Å²) < 4.78 is 5.45. The average Bonchev–Trinajstić information content (AvgIpc) is 3.07. The van der Waals surface area contributed by atoms with Crippen LogP contribution in [0.2, 0.25) is 0 Å². The predicted molar refractivity (Wildman–Crippen MR) is 93.7 cm³/mol. The normalized spacial score (nSPS) is 9.70. The first-order chi connectivity index (χ1) is 9.33. The van der Waals surface area contributed by atoms with Gasteiger partial charge in [-0.15, -0.1) is 35.3 Å². The summed E-state index contributed by atoms with van der Waals surface area (Å²) in [7, 11) is 0. The molecule has 2 N–H and O–H groups in total. The van der Waals surface area contributed by atoms with Gasteiger partial charge in [0.05, 0.1) is 11.4 Å². The number of oxazole rings is 1. The van der Waals surface area contributed by atoms with Gasteiger partial charge in [0.2, 0.25) is 5.89 Å². The molecule has 0 unspecified atom stereocenters. The number of thiophene rings is 1. The number of rotatable bonds is 5. The second kappa shape index (κ2) is 8.96. The van der Waals surface area contributed by atoms with Crippen molar-refractivity contribution in [3.05, 3.63) is 29.5 Å². The molecule has 0 atom stereocenters. The van der Waals surface area contributed by atoms with Crippen LogP contribution in [0.15, 0.2) is 33.2 Å². The molecule has 0 radical (unpaired) electrons. The van der Waals surface area contributed by atoms with Crippen molar-refractivity contribution in [2.24, 2.45) is 4.99 Å². The van der Waals surface area contributed by atoms with Crippen LogP contribution in [0.3, 0.4) is 0 Å². The van der Waals surface area contributed by atoms with Crippen LogP contribution in [0.25, 0.3) is 10.8 Å². The molecule has 2 aromatic rings. The fourth-order valence-corrected chi connectivity index (χ4v) is 2.22. The molecule has 0 spiro atoms. The fraction of sp³-hybridized carbons (Fsp3) is 0.385. The average molecular weight is 406 g/mol. The SMILES string of the molecule is CCNC(=NCc1coc(-c2cccs2)n1)NCC.I. The van der Waals surface area contributed by atoms with E-state index in [4.69, 9.17) is 4.42 Å². The van der Waals surface area contributed by atoms with Crippen LogP contribution in [-0.2, 0) is 6.54 Å². The Morgan fingerprint density at radius 2 is 2.10 bits per heavy atom. The minimum Gasteiger partial charge on any atom is -0.443 e. The van der Waals surface area contributed by atoms with Gasteiger partial charge in [0.25, 0.3) is 0 Å². The van der Waals surface area contributed by atoms with Crippen molar-refractivity contribution >= 4 is 41.3 Å². The van der Waals surface area contributed by atoms with Crippen molar-refractivity contribution in [2.75, 3.05) is 13.1 Å². The molecule has 0 bridgehead atoms. The molecule has 0 saturated heterocycles. The number of halogens is 1. The Labute approximate surface area is 139 Å². The van der Waals surface area contributed by atoms with Gasteiger partial charge in [0.1, 0.15) is 12.0 Å². The number of aliphatic imine (C=N–C) groups is 1. The Balaban J connectivity index is 0.00000200. The number of hydrogen-bond donors (Lipinski definition) is 2. The van der Waals surface area contributed by atoms with Crippen molar-refractivity contribution < 1.29 is 4.42 Å². The lowest BCUT2D eigenvalue weighted by atomic mass is 10.4. The summed E-state index contributed by atoms with van der Waals surface area (Å²) in [6.45, 7) is 6.26. The van der Waals surface area contributed by atoms with Gasteiger partial charge in [-0.3, -0.25) is 0 Å². The highest BCUT2D eigenvalue weighted by atomic mass is 127. The van der Waals surface area contributed by atoms with E-state index in [9.17, 15) is 0 Å². The summed E-state index contributed by atoms with van der Waals surface area (Å²) in [6, 6.07) is 3.97. The van der Waals surface area contributed by atoms with E-state index in [-0.39, 0.29) is 24.0 Å². The van der Waals surface area contributed by atoms with Crippen molar-refractivity contribution in [3.63, 3.8) is 0 Å². The lowest BCUT2D eigenvalue weighted by Crippen LogP contribution is -2.36. The van der Waals surface area contributed by atoms with Crippen molar-refractivity contribution in [2.45, 2.75) is 20.4 Å². The molecule has 0 fully saturated rings. The zero-order chi connectivity index (χ0) is 13.5. The predicted octanol–water partition coefficient (Wildman–Crippen LogP) is 3.10. The van der Waals surface area contributed by atoms with E-state index >= 15 is 0 Å². The third kappa shape index (κ3) is 4.78. The summed E-state index contributed by atoms with van der Waals surface area (Å²) in [5, 5.41) is 8.35. The molecule has 2 rings (SSSR count). The Bertz CT molecular complexity index is 516. The summed E-state index contributed by atoms with van der Waals surface area (Å²) in [5.74, 6) is 1.46. The summed E-state index contributed by atoms with van der Waals surface area (Å²) in [4.78, 5) is 9.91. The number of nitrogens with one attached hydrogen (secondary N) is 2. The molecule has 5 nitrogen and oxygen atoms in total. The molecule has 110 valence electrons. The van der Waals surface area contributed by atoms with Crippen LogP contribution < -0.4 is 10.6 Å². The van der Waals surface area contributed by atoms with Gasteiger partial charge in [-0.2, -0.15) is 0 Å². The van der Waals surface area contributed by atoms with E-state index < -0.39 is 0 Å². The smallest absolute Gasteiger partial charge is 0.236 e. The van der Waals surface area contributed by atoms with Crippen molar-refractivity contribution in [1.82, 2.24) is 15.6 Å². The van der Waals surface area contributed by atoms with E-state index in [1.165, 1.54) is 0 Å². The van der Waals surface area contributed by atoms with Crippen LogP contribution in [0, 0.1) is 0 Å². The summed E-state index contributed by atoms with van der Waals surface area (Å²) in [5.41, 5.74) is 0.830. The molecular weight excluding hydrogens is 387 g/mol. The molecule has 0 aromatic carbocycles. The quantitative estimate of drug-likeness (QED) is 0.455. The molecule has 2 heterocycles. The molecule has 20 heavy (non-hydrogen) atoms. The number of guanidine groups is 1. The first kappa shape index (κ1) is 17.0. The fourth-order valence-electron chi connectivity index (χ4n) is 1.56. The molecule has 0 amide bonds. The summed E-state index contributed by atoms with van der Waals surface area (Å²) in [6.07, 6.45) is 1.66. The molecule has 2 aromatic heterocycles. The minimum atomic E-state index is 0.